The van der Waals surface area contributed by atoms with E-state index < -0.39 is 11.9 Å². The molecule has 3 aromatic rings. The van der Waals surface area contributed by atoms with E-state index in [-0.39, 0.29) is 16.9 Å². The number of nitrogen functional groups attached to an aromatic ring is 2. The molecule has 3 rings (SSSR count). The van der Waals surface area contributed by atoms with Gasteiger partial charge in [-0.15, -0.1) is 0 Å². The van der Waals surface area contributed by atoms with Crippen LogP contribution in [0.3, 0.4) is 0 Å². The van der Waals surface area contributed by atoms with E-state index >= 15 is 0 Å². The minimum Gasteiger partial charge on any atom is -0.478 e. The third-order valence-corrected chi connectivity index (χ3v) is 3.84. The van der Waals surface area contributed by atoms with E-state index in [2.05, 4.69) is 0 Å². The molecule has 0 aliphatic heterocycles. The van der Waals surface area contributed by atoms with Crippen LogP contribution in [-0.2, 0) is 0 Å². The number of hydrogen-bond acceptors (Lipinski definition) is 5. The Morgan fingerprint density at radius 1 is 0.808 bits per heavy atom. The maximum Gasteiger partial charge on any atom is 0.343 e. The Bertz CT molecular complexity index is 999. The molecule has 26 heavy (non-hydrogen) atoms. The number of nitrogens with two attached hydrogens (primary N) is 2. The number of benzene rings is 3. The number of para-hydroxylation sites is 1. The molecule has 6 nitrogen and oxygen atoms in total. The van der Waals surface area contributed by atoms with Gasteiger partial charge in [0.1, 0.15) is 5.75 Å². The van der Waals surface area contributed by atoms with Crippen molar-refractivity contribution in [3.63, 3.8) is 0 Å². The van der Waals surface area contributed by atoms with E-state index in [4.69, 9.17) is 21.3 Å². The average molecular weight is 348 g/mol. The first kappa shape index (κ1) is 17.0. The van der Waals surface area contributed by atoms with Crippen molar-refractivity contribution in [1.29, 1.82) is 0 Å². The highest BCUT2D eigenvalue weighted by atomic mass is 16.5. The lowest BCUT2D eigenvalue weighted by Crippen LogP contribution is -2.11. The zero-order chi connectivity index (χ0) is 18.7. The number of ether oxygens (including phenoxy) is 1. The fraction of sp³-hybridized carbons (Fsp3) is 0. The van der Waals surface area contributed by atoms with Gasteiger partial charge >= 0.3 is 11.9 Å². The number of carbonyl (C=O) groups excluding carboxylic acids is 1. The number of aromatic carboxylic acids is 1. The Morgan fingerprint density at radius 3 is 2.19 bits per heavy atom. The number of rotatable bonds is 4. The first-order chi connectivity index (χ1) is 12.5. The van der Waals surface area contributed by atoms with Crippen LogP contribution in [0, 0.1) is 0 Å². The third kappa shape index (κ3) is 3.34. The van der Waals surface area contributed by atoms with Gasteiger partial charge in [-0.2, -0.15) is 0 Å². The maximum atomic E-state index is 12.5. The molecule has 0 aromatic heterocycles. The highest BCUT2D eigenvalue weighted by Gasteiger charge is 2.17. The minimum absolute atomic E-state index is 0.000414. The van der Waals surface area contributed by atoms with Gasteiger partial charge in [-0.1, -0.05) is 30.3 Å². The number of carboxylic acid groups (broad SMARTS) is 1. The number of esters is 1. The van der Waals surface area contributed by atoms with Gasteiger partial charge in [0, 0.05) is 22.5 Å². The van der Waals surface area contributed by atoms with Crippen molar-refractivity contribution in [2.45, 2.75) is 0 Å². The van der Waals surface area contributed by atoms with Gasteiger partial charge in [0.2, 0.25) is 0 Å². The molecular formula is C20H16N2O4. The molecule has 0 atom stereocenters. The standard InChI is InChI=1S/C20H16N2O4/c21-15-8-2-1-7-14(15)18-16(22)9-4-10-17(18)26-20(25)13-6-3-5-12(11-13)19(23)24/h1-11H,21-22H2,(H,23,24). The second-order valence-corrected chi connectivity index (χ2v) is 5.58. The summed E-state index contributed by atoms with van der Waals surface area (Å²) < 4.78 is 5.49. The first-order valence-corrected chi connectivity index (χ1v) is 7.76. The predicted molar refractivity (Wildman–Crippen MR) is 99.1 cm³/mol. The van der Waals surface area contributed by atoms with Gasteiger partial charge in [0.15, 0.2) is 0 Å². The molecular weight excluding hydrogens is 332 g/mol. The van der Waals surface area contributed by atoms with Crippen molar-refractivity contribution < 1.29 is 19.4 Å². The van der Waals surface area contributed by atoms with Crippen molar-refractivity contribution in [2.24, 2.45) is 0 Å². The van der Waals surface area contributed by atoms with Crippen LogP contribution in [0.5, 0.6) is 5.75 Å². The normalized spacial score (nSPS) is 10.3. The Labute approximate surface area is 149 Å². The first-order valence-electron chi connectivity index (χ1n) is 7.76. The van der Waals surface area contributed by atoms with Gasteiger partial charge in [0.05, 0.1) is 11.1 Å². The number of carbonyl (C=O) groups is 2. The summed E-state index contributed by atoms with van der Waals surface area (Å²) in [5.41, 5.74) is 14.3. The third-order valence-electron chi connectivity index (χ3n) is 3.84. The summed E-state index contributed by atoms with van der Waals surface area (Å²) in [5, 5.41) is 9.06. The van der Waals surface area contributed by atoms with E-state index in [1.807, 2.05) is 0 Å². The van der Waals surface area contributed by atoms with Crippen LogP contribution in [0.1, 0.15) is 20.7 Å². The molecule has 0 fully saturated rings. The lowest BCUT2D eigenvalue weighted by Gasteiger charge is -2.14. The van der Waals surface area contributed by atoms with E-state index in [0.29, 0.717) is 22.5 Å². The molecule has 0 unspecified atom stereocenters. The molecule has 0 saturated carbocycles. The summed E-state index contributed by atoms with van der Waals surface area (Å²) in [7, 11) is 0. The maximum absolute atomic E-state index is 12.5. The molecule has 0 spiro atoms. The van der Waals surface area contributed by atoms with Crippen molar-refractivity contribution in [3.8, 4) is 16.9 Å². The molecule has 0 amide bonds. The molecule has 6 heteroatoms. The van der Waals surface area contributed by atoms with Crippen LogP contribution in [0.15, 0.2) is 66.7 Å². The van der Waals surface area contributed by atoms with Crippen LogP contribution < -0.4 is 16.2 Å². The molecule has 0 saturated heterocycles. The van der Waals surface area contributed by atoms with Gasteiger partial charge < -0.3 is 21.3 Å². The van der Waals surface area contributed by atoms with Crippen LogP contribution >= 0.6 is 0 Å². The average Bonchev–Trinajstić information content (AvgIpc) is 2.63. The van der Waals surface area contributed by atoms with E-state index in [1.54, 1.807) is 42.5 Å². The smallest absolute Gasteiger partial charge is 0.343 e. The van der Waals surface area contributed by atoms with Crippen molar-refractivity contribution in [3.05, 3.63) is 77.9 Å². The highest BCUT2D eigenvalue weighted by molar-refractivity contribution is 5.97. The van der Waals surface area contributed by atoms with E-state index in [9.17, 15) is 9.59 Å². The minimum atomic E-state index is -1.12. The van der Waals surface area contributed by atoms with Crippen molar-refractivity contribution in [2.75, 3.05) is 11.5 Å². The second-order valence-electron chi connectivity index (χ2n) is 5.58. The van der Waals surface area contributed by atoms with Crippen LogP contribution in [0.25, 0.3) is 11.1 Å². The molecule has 0 aliphatic carbocycles. The van der Waals surface area contributed by atoms with Crippen LogP contribution in [0.2, 0.25) is 0 Å². The topological polar surface area (TPSA) is 116 Å². The Morgan fingerprint density at radius 2 is 1.46 bits per heavy atom. The summed E-state index contributed by atoms with van der Waals surface area (Å²) in [5.74, 6) is -1.57. The van der Waals surface area contributed by atoms with Crippen LogP contribution in [-0.4, -0.2) is 17.0 Å². The zero-order valence-corrected chi connectivity index (χ0v) is 13.7. The quantitative estimate of drug-likeness (QED) is 0.378. The fourth-order valence-electron chi connectivity index (χ4n) is 2.58. The largest absolute Gasteiger partial charge is 0.478 e. The molecule has 0 bridgehead atoms. The molecule has 0 aliphatic rings. The number of anilines is 2. The number of hydrogen-bond donors (Lipinski definition) is 3. The Kier molecular flexibility index (Phi) is 4.57. The summed E-state index contributed by atoms with van der Waals surface area (Å²) in [6.45, 7) is 0. The summed E-state index contributed by atoms with van der Waals surface area (Å²) in [6, 6.07) is 17.7. The predicted octanol–water partition coefficient (Wildman–Crippen LogP) is 3.44. The molecule has 0 heterocycles. The summed E-state index contributed by atoms with van der Waals surface area (Å²) in [4.78, 5) is 23.6. The van der Waals surface area contributed by atoms with Gasteiger partial charge in [0.25, 0.3) is 0 Å². The SMILES string of the molecule is Nc1ccccc1-c1c(N)cccc1OC(=O)c1cccc(C(=O)O)c1. The second kappa shape index (κ2) is 6.98. The lowest BCUT2D eigenvalue weighted by molar-refractivity contribution is 0.0697. The monoisotopic (exact) mass is 348 g/mol. The highest BCUT2D eigenvalue weighted by Crippen LogP contribution is 2.38. The van der Waals surface area contributed by atoms with Gasteiger partial charge in [-0.05, 0) is 36.4 Å². The van der Waals surface area contributed by atoms with E-state index in [0.717, 1.165) is 0 Å². The van der Waals surface area contributed by atoms with Crippen molar-refractivity contribution in [1.82, 2.24) is 0 Å². The Hall–Kier alpha value is -3.80. The zero-order valence-electron chi connectivity index (χ0n) is 13.7. The van der Waals surface area contributed by atoms with Crippen molar-refractivity contribution >= 4 is 23.3 Å². The molecule has 0 radical (unpaired) electrons. The van der Waals surface area contributed by atoms with Crippen LogP contribution in [0.4, 0.5) is 11.4 Å². The van der Waals surface area contributed by atoms with E-state index in [1.165, 1.54) is 24.3 Å². The van der Waals surface area contributed by atoms with Gasteiger partial charge in [-0.25, -0.2) is 9.59 Å². The fourth-order valence-corrected chi connectivity index (χ4v) is 2.58. The Balaban J connectivity index is 2.00. The molecule has 3 aromatic carbocycles. The summed E-state index contributed by atoms with van der Waals surface area (Å²) in [6.07, 6.45) is 0. The lowest BCUT2D eigenvalue weighted by atomic mass is 10.0. The van der Waals surface area contributed by atoms with Gasteiger partial charge in [-0.3, -0.25) is 0 Å². The number of carboxylic acids is 1. The molecule has 5 N–H and O–H groups in total. The summed E-state index contributed by atoms with van der Waals surface area (Å²) >= 11 is 0. The molecule has 130 valence electrons.